The molecule has 1 aliphatic carbocycles. The van der Waals surface area contributed by atoms with E-state index in [1.165, 1.54) is 32.6 Å². The van der Waals surface area contributed by atoms with Crippen LogP contribution in [0.1, 0.15) is 38.3 Å². The van der Waals surface area contributed by atoms with Crippen molar-refractivity contribution in [2.75, 3.05) is 23.0 Å². The maximum absolute atomic E-state index is 11.5. The van der Waals surface area contributed by atoms with Crippen LogP contribution in [0.5, 0.6) is 0 Å². The number of nitrogens with zero attached hydrogens (tertiary/aromatic N) is 1. The van der Waals surface area contributed by atoms with E-state index in [2.05, 4.69) is 26.7 Å². The van der Waals surface area contributed by atoms with Gasteiger partial charge in [-0.1, -0.05) is 12.8 Å². The van der Waals surface area contributed by atoms with E-state index in [-0.39, 0.29) is 18.6 Å². The summed E-state index contributed by atoms with van der Waals surface area (Å²) in [5, 5.41) is 17.8. The van der Waals surface area contributed by atoms with Crippen molar-refractivity contribution in [2.24, 2.45) is 4.99 Å². The van der Waals surface area contributed by atoms with Gasteiger partial charge in [-0.3, -0.25) is 9.79 Å². The number of aliphatic hydroxyl groups is 1. The van der Waals surface area contributed by atoms with E-state index in [0.29, 0.717) is 6.04 Å². The number of aromatic amines is 1. The van der Waals surface area contributed by atoms with Gasteiger partial charge in [-0.25, -0.2) is 0 Å². The summed E-state index contributed by atoms with van der Waals surface area (Å²) in [6.07, 6.45) is 4.89. The fraction of sp³-hybridized carbons (Fsp3) is 0.474. The maximum atomic E-state index is 11.5. The molecule has 1 aliphatic heterocycles. The van der Waals surface area contributed by atoms with Crippen LogP contribution in [-0.2, 0) is 4.79 Å². The second-order valence-electron chi connectivity index (χ2n) is 7.06. The number of nitrogens with one attached hydrogen (secondary N) is 3. The molecule has 1 atom stereocenters. The molecule has 4 rings (SSSR count). The number of aromatic nitrogens is 1. The van der Waals surface area contributed by atoms with E-state index in [9.17, 15) is 9.90 Å². The highest BCUT2D eigenvalue weighted by Crippen LogP contribution is 2.33. The number of hydrogen-bond acceptors (Lipinski definition) is 5. The number of H-pyrrole nitrogens is 1. The molecule has 1 aromatic carbocycles. The van der Waals surface area contributed by atoms with Gasteiger partial charge in [-0.2, -0.15) is 0 Å². The van der Waals surface area contributed by atoms with E-state index in [4.69, 9.17) is 0 Å². The number of rotatable bonds is 5. The first-order valence-electron chi connectivity index (χ1n) is 9.15. The van der Waals surface area contributed by atoms with Crippen molar-refractivity contribution in [2.45, 2.75) is 44.7 Å². The Morgan fingerprint density at radius 3 is 2.85 bits per heavy atom. The molecule has 6 nitrogen and oxygen atoms in total. The Kier molecular flexibility index (Phi) is 4.91. The van der Waals surface area contributed by atoms with Crippen molar-refractivity contribution in [1.82, 2.24) is 4.98 Å². The molecule has 2 aromatic rings. The summed E-state index contributed by atoms with van der Waals surface area (Å²) in [6, 6.07) is 6.52. The number of anilines is 2. The number of amides is 1. The lowest BCUT2D eigenvalue weighted by Gasteiger charge is -2.16. The second kappa shape index (κ2) is 7.32. The van der Waals surface area contributed by atoms with Crippen LogP contribution in [0.15, 0.2) is 23.2 Å². The van der Waals surface area contributed by atoms with Crippen molar-refractivity contribution >= 4 is 45.0 Å². The first-order chi connectivity index (χ1) is 12.6. The number of fused-ring (bicyclic) bond motifs is 1. The van der Waals surface area contributed by atoms with Gasteiger partial charge in [-0.15, -0.1) is 11.8 Å². The molecule has 1 fully saturated rings. The molecule has 4 N–H and O–H groups in total. The van der Waals surface area contributed by atoms with Crippen LogP contribution < -0.4 is 10.6 Å². The summed E-state index contributed by atoms with van der Waals surface area (Å²) < 4.78 is 0. The largest absolute Gasteiger partial charge is 0.394 e. The van der Waals surface area contributed by atoms with E-state index in [1.807, 2.05) is 12.1 Å². The first-order valence-corrected chi connectivity index (χ1v) is 10.1. The van der Waals surface area contributed by atoms with Crippen LogP contribution in [0.4, 0.5) is 11.4 Å². The summed E-state index contributed by atoms with van der Waals surface area (Å²) in [6.45, 7) is 1.60. The Balaban J connectivity index is 1.72. The Morgan fingerprint density at radius 1 is 1.35 bits per heavy atom. The molecule has 0 bridgehead atoms. The van der Waals surface area contributed by atoms with Crippen molar-refractivity contribution in [3.05, 3.63) is 23.9 Å². The predicted octanol–water partition coefficient (Wildman–Crippen LogP) is 3.34. The third-order valence-corrected chi connectivity index (χ3v) is 6.07. The number of aliphatic imine (C=N–C) groups is 1. The van der Waals surface area contributed by atoms with Crippen molar-refractivity contribution in [3.8, 4) is 0 Å². The zero-order valence-corrected chi connectivity index (χ0v) is 15.7. The van der Waals surface area contributed by atoms with Gasteiger partial charge in [-0.05, 0) is 31.0 Å². The molecule has 0 radical (unpaired) electrons. The first kappa shape index (κ1) is 17.4. The fourth-order valence-corrected chi connectivity index (χ4v) is 4.71. The number of thioether (sulfide) groups is 1. The second-order valence-corrected chi connectivity index (χ2v) is 8.07. The number of carbonyl (C=O) groups is 1. The minimum Gasteiger partial charge on any atom is -0.394 e. The SMILES string of the molecule is CC(=O)Nc1cc(NC2CCCC2)c2[nH]c(C3=NC(CO)CS3)cc2c1. The molecule has 1 unspecified atom stereocenters. The quantitative estimate of drug-likeness (QED) is 0.648. The molecular weight excluding hydrogens is 348 g/mol. The monoisotopic (exact) mass is 372 g/mol. The van der Waals surface area contributed by atoms with Crippen LogP contribution in [0.25, 0.3) is 10.9 Å². The van der Waals surface area contributed by atoms with E-state index in [0.717, 1.165) is 38.8 Å². The lowest BCUT2D eigenvalue weighted by Crippen LogP contribution is -2.15. The zero-order valence-electron chi connectivity index (χ0n) is 14.8. The fourth-order valence-electron chi connectivity index (χ4n) is 3.69. The maximum Gasteiger partial charge on any atom is 0.221 e. The van der Waals surface area contributed by atoms with Crippen LogP contribution in [0.3, 0.4) is 0 Å². The predicted molar refractivity (Wildman–Crippen MR) is 108 cm³/mol. The summed E-state index contributed by atoms with van der Waals surface area (Å²) in [5.41, 5.74) is 3.82. The molecule has 1 saturated carbocycles. The minimum atomic E-state index is -0.0755. The third-order valence-electron chi connectivity index (χ3n) is 4.92. The molecule has 1 aromatic heterocycles. The number of benzene rings is 1. The standard InChI is InChI=1S/C19H24N4O2S/c1-11(25)20-14-6-12-7-17(19-22-15(9-24)10-26-19)23-18(12)16(8-14)21-13-4-2-3-5-13/h6-8,13,15,21,23-24H,2-5,9-10H2,1H3,(H,20,25). The summed E-state index contributed by atoms with van der Waals surface area (Å²) in [4.78, 5) is 19.6. The lowest BCUT2D eigenvalue weighted by atomic mass is 10.1. The topological polar surface area (TPSA) is 89.5 Å². The molecule has 7 heteroatoms. The highest BCUT2D eigenvalue weighted by molar-refractivity contribution is 8.14. The zero-order chi connectivity index (χ0) is 18.1. The van der Waals surface area contributed by atoms with Crippen molar-refractivity contribution < 1.29 is 9.90 Å². The Labute approximate surface area is 156 Å². The van der Waals surface area contributed by atoms with E-state index >= 15 is 0 Å². The molecule has 2 heterocycles. The van der Waals surface area contributed by atoms with Crippen LogP contribution in [0.2, 0.25) is 0 Å². The molecule has 1 amide bonds. The average molecular weight is 372 g/mol. The average Bonchev–Trinajstić information content (AvgIpc) is 3.34. The highest BCUT2D eigenvalue weighted by atomic mass is 32.2. The van der Waals surface area contributed by atoms with E-state index in [1.54, 1.807) is 11.8 Å². The van der Waals surface area contributed by atoms with Crippen LogP contribution >= 0.6 is 11.8 Å². The van der Waals surface area contributed by atoms with Gasteiger partial charge in [0, 0.05) is 29.8 Å². The summed E-state index contributed by atoms with van der Waals surface area (Å²) >= 11 is 1.67. The number of aliphatic hydroxyl groups excluding tert-OH is 1. The summed E-state index contributed by atoms with van der Waals surface area (Å²) in [5.74, 6) is 0.736. The Bertz CT molecular complexity index is 855. The van der Waals surface area contributed by atoms with E-state index < -0.39 is 0 Å². The Morgan fingerprint density at radius 2 is 2.15 bits per heavy atom. The smallest absolute Gasteiger partial charge is 0.221 e. The molecule has 138 valence electrons. The van der Waals surface area contributed by atoms with Crippen LogP contribution in [-0.4, -0.2) is 45.5 Å². The number of carbonyl (C=O) groups excluding carboxylic acids is 1. The number of hydrogen-bond donors (Lipinski definition) is 4. The highest BCUT2D eigenvalue weighted by Gasteiger charge is 2.22. The van der Waals surface area contributed by atoms with Gasteiger partial charge >= 0.3 is 0 Å². The molecule has 26 heavy (non-hydrogen) atoms. The van der Waals surface area contributed by atoms with Gasteiger partial charge in [0.2, 0.25) is 5.91 Å². The molecule has 0 spiro atoms. The van der Waals surface area contributed by atoms with Crippen molar-refractivity contribution in [1.29, 1.82) is 0 Å². The van der Waals surface area contributed by atoms with Gasteiger partial charge in [0.05, 0.1) is 29.5 Å². The summed E-state index contributed by atoms with van der Waals surface area (Å²) in [7, 11) is 0. The van der Waals surface area contributed by atoms with Gasteiger partial charge in [0.1, 0.15) is 5.04 Å². The van der Waals surface area contributed by atoms with Gasteiger partial charge in [0.15, 0.2) is 0 Å². The molecule has 2 aliphatic rings. The van der Waals surface area contributed by atoms with Gasteiger partial charge in [0.25, 0.3) is 0 Å². The minimum absolute atomic E-state index is 0.0209. The third kappa shape index (κ3) is 3.59. The lowest BCUT2D eigenvalue weighted by molar-refractivity contribution is -0.114. The molecule has 0 saturated heterocycles. The Hall–Kier alpha value is -1.99. The normalized spacial score (nSPS) is 20.5. The molecular formula is C19H24N4O2S. The van der Waals surface area contributed by atoms with Crippen molar-refractivity contribution in [3.63, 3.8) is 0 Å². The van der Waals surface area contributed by atoms with Gasteiger partial charge < -0.3 is 20.7 Å². The van der Waals surface area contributed by atoms with Crippen LogP contribution in [0, 0.1) is 0 Å².